The molecule has 0 spiro atoms. The Morgan fingerprint density at radius 2 is 1.62 bits per heavy atom. The first-order valence-electron chi connectivity index (χ1n) is 8.57. The molecule has 0 unspecified atom stereocenters. The van der Waals surface area contributed by atoms with Gasteiger partial charge in [0.15, 0.2) is 5.82 Å². The maximum atomic E-state index is 13.6. The fourth-order valence-electron chi connectivity index (χ4n) is 2.72. The molecular formula is C17H7ClF6N6O4. The number of nitrogens with one attached hydrogen (secondary N) is 1. The third kappa shape index (κ3) is 4.95. The van der Waals surface area contributed by atoms with Crippen molar-refractivity contribution in [2.45, 2.75) is 12.4 Å². The second-order valence-electron chi connectivity index (χ2n) is 6.30. The molecule has 0 saturated carbocycles. The number of nitro benzene ring substituents is 2. The summed E-state index contributed by atoms with van der Waals surface area (Å²) in [5, 5.41) is 22.8. The number of hydrogen-bond donors (Lipinski definition) is 1. The summed E-state index contributed by atoms with van der Waals surface area (Å²) in [5.41, 5.74) is -8.27. The normalized spacial score (nSPS) is 11.9. The van der Waals surface area contributed by atoms with Gasteiger partial charge in [0.2, 0.25) is 0 Å². The van der Waals surface area contributed by atoms with Crippen molar-refractivity contribution in [3.05, 3.63) is 73.0 Å². The topological polar surface area (TPSA) is 137 Å². The summed E-state index contributed by atoms with van der Waals surface area (Å²) in [5.74, 6) is -1.91. The zero-order valence-electron chi connectivity index (χ0n) is 16.0. The van der Waals surface area contributed by atoms with E-state index in [1.807, 2.05) is 0 Å². The second kappa shape index (κ2) is 8.69. The van der Waals surface area contributed by atoms with E-state index in [1.165, 1.54) is 24.4 Å². The molecule has 0 bridgehead atoms. The number of rotatable bonds is 5. The minimum absolute atomic E-state index is 0.0644. The highest BCUT2D eigenvalue weighted by atomic mass is 35.5. The number of aromatic nitrogens is 3. The number of hydrogen-bond acceptors (Lipinski definition) is 8. The van der Waals surface area contributed by atoms with Crippen LogP contribution >= 0.6 is 11.6 Å². The molecule has 3 rings (SSSR count). The first-order valence-corrected chi connectivity index (χ1v) is 8.95. The van der Waals surface area contributed by atoms with Crippen LogP contribution in [0.5, 0.6) is 0 Å². The Balaban J connectivity index is 2.34. The SMILES string of the molecule is O=[N+]([O-])c1cc([N+](=O)[O-])c(Nc2nc(-c3ccccn3)nc(Cl)c2C(F)(F)F)c(C(F)(F)F)c1. The van der Waals surface area contributed by atoms with Gasteiger partial charge in [-0.1, -0.05) is 17.7 Å². The van der Waals surface area contributed by atoms with E-state index in [1.54, 1.807) is 5.32 Å². The maximum absolute atomic E-state index is 13.6. The highest BCUT2D eigenvalue weighted by Gasteiger charge is 2.43. The Morgan fingerprint density at radius 3 is 2.12 bits per heavy atom. The molecule has 178 valence electrons. The zero-order chi connectivity index (χ0) is 25.4. The van der Waals surface area contributed by atoms with Gasteiger partial charge in [-0.2, -0.15) is 26.3 Å². The van der Waals surface area contributed by atoms with Crippen molar-refractivity contribution in [2.24, 2.45) is 0 Å². The van der Waals surface area contributed by atoms with Crippen LogP contribution in [-0.2, 0) is 12.4 Å². The summed E-state index contributed by atoms with van der Waals surface area (Å²) < 4.78 is 81.8. The zero-order valence-corrected chi connectivity index (χ0v) is 16.7. The van der Waals surface area contributed by atoms with E-state index in [4.69, 9.17) is 11.6 Å². The molecule has 0 atom stereocenters. The molecule has 0 aliphatic heterocycles. The van der Waals surface area contributed by atoms with Crippen LogP contribution in [-0.4, -0.2) is 24.8 Å². The lowest BCUT2D eigenvalue weighted by molar-refractivity contribution is -0.394. The van der Waals surface area contributed by atoms with Crippen molar-refractivity contribution in [1.29, 1.82) is 0 Å². The molecule has 1 N–H and O–H groups in total. The maximum Gasteiger partial charge on any atom is 0.422 e. The fourth-order valence-corrected chi connectivity index (χ4v) is 3.00. The molecule has 1 aromatic carbocycles. The molecule has 3 aromatic rings. The van der Waals surface area contributed by atoms with Gasteiger partial charge in [0, 0.05) is 12.3 Å². The van der Waals surface area contributed by atoms with Crippen molar-refractivity contribution in [1.82, 2.24) is 15.0 Å². The van der Waals surface area contributed by atoms with Crippen LogP contribution in [0.1, 0.15) is 11.1 Å². The first-order chi connectivity index (χ1) is 15.7. The van der Waals surface area contributed by atoms with Gasteiger partial charge in [-0.15, -0.1) is 0 Å². The second-order valence-corrected chi connectivity index (χ2v) is 6.66. The number of non-ortho nitro benzene ring substituents is 1. The summed E-state index contributed by atoms with van der Waals surface area (Å²) in [6.07, 6.45) is -9.53. The smallest absolute Gasteiger partial charge is 0.333 e. The fraction of sp³-hybridized carbons (Fsp3) is 0.118. The van der Waals surface area contributed by atoms with Crippen LogP contribution in [0.2, 0.25) is 5.15 Å². The number of alkyl halides is 6. The van der Waals surface area contributed by atoms with E-state index in [0.717, 1.165) is 0 Å². The highest BCUT2D eigenvalue weighted by Crippen LogP contribution is 2.46. The molecule has 10 nitrogen and oxygen atoms in total. The summed E-state index contributed by atoms with van der Waals surface area (Å²) >= 11 is 5.65. The molecule has 0 saturated heterocycles. The summed E-state index contributed by atoms with van der Waals surface area (Å²) in [6, 6.07) is 4.22. The van der Waals surface area contributed by atoms with Gasteiger partial charge in [0.05, 0.1) is 21.5 Å². The van der Waals surface area contributed by atoms with Gasteiger partial charge in [0.25, 0.3) is 11.4 Å². The number of pyridine rings is 1. The largest absolute Gasteiger partial charge is 0.422 e. The molecule has 0 aliphatic carbocycles. The summed E-state index contributed by atoms with van der Waals surface area (Å²) in [4.78, 5) is 30.4. The quantitative estimate of drug-likeness (QED) is 0.198. The van der Waals surface area contributed by atoms with E-state index in [-0.39, 0.29) is 17.8 Å². The Kier molecular flexibility index (Phi) is 6.28. The predicted molar refractivity (Wildman–Crippen MR) is 103 cm³/mol. The third-order valence-electron chi connectivity index (χ3n) is 4.10. The number of halogens is 7. The van der Waals surface area contributed by atoms with E-state index in [9.17, 15) is 46.6 Å². The third-order valence-corrected chi connectivity index (χ3v) is 4.37. The minimum atomic E-state index is -5.45. The first kappa shape index (κ1) is 24.6. The standard InChI is InChI=1S/C17H7ClF6N6O4/c18-13-11(17(22,23)24)15(28-14(27-13)9-3-1-2-4-25-9)26-12-8(16(19,20)21)5-7(29(31)32)6-10(12)30(33)34/h1-6H,(H,26,27,28). The lowest BCUT2D eigenvalue weighted by Gasteiger charge is -2.18. The van der Waals surface area contributed by atoms with Crippen LogP contribution in [0.3, 0.4) is 0 Å². The Hall–Kier alpha value is -4.08. The van der Waals surface area contributed by atoms with Crippen molar-refractivity contribution >= 4 is 34.5 Å². The van der Waals surface area contributed by atoms with E-state index in [2.05, 4.69) is 15.0 Å². The monoisotopic (exact) mass is 508 g/mol. The van der Waals surface area contributed by atoms with Crippen molar-refractivity contribution in [3.63, 3.8) is 0 Å². The number of nitro groups is 2. The summed E-state index contributed by atoms with van der Waals surface area (Å²) in [6.45, 7) is 0. The van der Waals surface area contributed by atoms with E-state index < -0.39 is 67.2 Å². The van der Waals surface area contributed by atoms with E-state index in [0.29, 0.717) is 0 Å². The minimum Gasteiger partial charge on any atom is -0.333 e. The lowest BCUT2D eigenvalue weighted by Crippen LogP contribution is -2.16. The van der Waals surface area contributed by atoms with Crippen LogP contribution in [0, 0.1) is 20.2 Å². The Bertz CT molecular complexity index is 1290. The molecule has 0 aliphatic rings. The molecule has 0 radical (unpaired) electrons. The molecule has 17 heteroatoms. The molecule has 0 amide bonds. The van der Waals surface area contributed by atoms with Crippen LogP contribution in [0.25, 0.3) is 11.5 Å². The molecule has 2 heterocycles. The van der Waals surface area contributed by atoms with Gasteiger partial charge in [-0.25, -0.2) is 9.97 Å². The highest BCUT2D eigenvalue weighted by molar-refractivity contribution is 6.30. The number of nitrogens with zero attached hydrogens (tertiary/aromatic N) is 5. The van der Waals surface area contributed by atoms with Crippen molar-refractivity contribution in [3.8, 4) is 11.5 Å². The van der Waals surface area contributed by atoms with Gasteiger partial charge in [0.1, 0.15) is 27.9 Å². The Morgan fingerprint density at radius 1 is 0.941 bits per heavy atom. The van der Waals surface area contributed by atoms with Crippen molar-refractivity contribution in [2.75, 3.05) is 5.32 Å². The van der Waals surface area contributed by atoms with Crippen LogP contribution < -0.4 is 5.32 Å². The Labute approximate surface area is 188 Å². The van der Waals surface area contributed by atoms with Gasteiger partial charge in [-0.05, 0) is 12.1 Å². The number of anilines is 2. The van der Waals surface area contributed by atoms with Crippen LogP contribution in [0.15, 0.2) is 36.5 Å². The lowest BCUT2D eigenvalue weighted by atomic mass is 10.1. The van der Waals surface area contributed by atoms with E-state index >= 15 is 0 Å². The average Bonchev–Trinajstić information content (AvgIpc) is 2.71. The average molecular weight is 509 g/mol. The van der Waals surface area contributed by atoms with Crippen molar-refractivity contribution < 1.29 is 36.2 Å². The molecular weight excluding hydrogens is 502 g/mol. The molecule has 0 fully saturated rings. The van der Waals surface area contributed by atoms with Gasteiger partial charge >= 0.3 is 12.4 Å². The summed E-state index contributed by atoms with van der Waals surface area (Å²) in [7, 11) is 0. The molecule has 34 heavy (non-hydrogen) atoms. The molecule has 2 aromatic heterocycles. The number of benzene rings is 1. The van der Waals surface area contributed by atoms with Crippen LogP contribution in [0.4, 0.5) is 49.2 Å². The van der Waals surface area contributed by atoms with Gasteiger partial charge < -0.3 is 5.32 Å². The predicted octanol–water partition coefficient (Wildman–Crippen LogP) is 5.79. The van der Waals surface area contributed by atoms with Gasteiger partial charge in [-0.3, -0.25) is 25.2 Å².